The number of pyridine rings is 1. The number of hydrogen-bond donors (Lipinski definition) is 1. The van der Waals surface area contributed by atoms with Crippen molar-refractivity contribution in [3.05, 3.63) is 59.7 Å². The standard InChI is InChI=1S/C18H21FN2O/c1-3-18(2)11-16(21-12-14-6-4-5-9-20-14)15-10-13(19)7-8-17(15)22-18/h4-10,16,21H,3,11-12H2,1-2H3. The van der Waals surface area contributed by atoms with Crippen LogP contribution in [-0.2, 0) is 6.54 Å². The fraction of sp³-hybridized carbons (Fsp3) is 0.389. The number of halogens is 1. The van der Waals surface area contributed by atoms with Crippen LogP contribution in [0.5, 0.6) is 5.75 Å². The van der Waals surface area contributed by atoms with Gasteiger partial charge in [-0.2, -0.15) is 0 Å². The van der Waals surface area contributed by atoms with E-state index in [9.17, 15) is 4.39 Å². The van der Waals surface area contributed by atoms with Crippen molar-refractivity contribution in [1.29, 1.82) is 0 Å². The van der Waals surface area contributed by atoms with E-state index in [1.807, 2.05) is 18.2 Å². The van der Waals surface area contributed by atoms with Gasteiger partial charge in [-0.15, -0.1) is 0 Å². The van der Waals surface area contributed by atoms with E-state index in [0.717, 1.165) is 29.8 Å². The van der Waals surface area contributed by atoms with E-state index in [0.29, 0.717) is 6.54 Å². The Bertz CT molecular complexity index is 647. The largest absolute Gasteiger partial charge is 0.487 e. The molecule has 1 aliphatic rings. The maximum Gasteiger partial charge on any atom is 0.125 e. The molecule has 0 saturated heterocycles. The van der Waals surface area contributed by atoms with E-state index in [4.69, 9.17) is 4.74 Å². The average Bonchev–Trinajstić information content (AvgIpc) is 2.54. The van der Waals surface area contributed by atoms with Gasteiger partial charge in [-0.25, -0.2) is 4.39 Å². The molecule has 1 N–H and O–H groups in total. The van der Waals surface area contributed by atoms with Crippen LogP contribution in [0.4, 0.5) is 4.39 Å². The summed E-state index contributed by atoms with van der Waals surface area (Å²) in [7, 11) is 0. The first-order valence-electron chi connectivity index (χ1n) is 7.71. The highest BCUT2D eigenvalue weighted by atomic mass is 19.1. The van der Waals surface area contributed by atoms with Crippen molar-refractivity contribution in [2.24, 2.45) is 0 Å². The topological polar surface area (TPSA) is 34.2 Å². The van der Waals surface area contributed by atoms with Crippen molar-refractivity contribution in [1.82, 2.24) is 10.3 Å². The summed E-state index contributed by atoms with van der Waals surface area (Å²) in [5.74, 6) is 0.544. The monoisotopic (exact) mass is 300 g/mol. The van der Waals surface area contributed by atoms with Gasteiger partial charge in [-0.3, -0.25) is 4.98 Å². The van der Waals surface area contributed by atoms with Gasteiger partial charge in [0.05, 0.1) is 5.69 Å². The smallest absolute Gasteiger partial charge is 0.125 e. The van der Waals surface area contributed by atoms with Crippen molar-refractivity contribution in [2.45, 2.75) is 44.9 Å². The molecule has 2 unspecified atom stereocenters. The van der Waals surface area contributed by atoms with Crippen LogP contribution in [0.15, 0.2) is 42.6 Å². The second-order valence-corrected chi connectivity index (χ2v) is 6.05. The molecule has 0 spiro atoms. The summed E-state index contributed by atoms with van der Waals surface area (Å²) in [5, 5.41) is 3.50. The number of fused-ring (bicyclic) bond motifs is 1. The number of ether oxygens (including phenoxy) is 1. The van der Waals surface area contributed by atoms with E-state index in [1.165, 1.54) is 6.07 Å². The molecule has 0 bridgehead atoms. The van der Waals surface area contributed by atoms with Gasteiger partial charge in [-0.05, 0) is 43.7 Å². The molecule has 2 aromatic rings. The zero-order valence-electron chi connectivity index (χ0n) is 13.0. The van der Waals surface area contributed by atoms with Crippen molar-refractivity contribution in [3.8, 4) is 5.75 Å². The van der Waals surface area contributed by atoms with Gasteiger partial charge >= 0.3 is 0 Å². The van der Waals surface area contributed by atoms with Crippen molar-refractivity contribution < 1.29 is 9.13 Å². The zero-order chi connectivity index (χ0) is 15.6. The Morgan fingerprint density at radius 2 is 2.23 bits per heavy atom. The molecule has 2 atom stereocenters. The molecule has 0 amide bonds. The normalized spacial score (nSPS) is 23.7. The number of benzene rings is 1. The van der Waals surface area contributed by atoms with E-state index >= 15 is 0 Å². The van der Waals surface area contributed by atoms with E-state index < -0.39 is 0 Å². The van der Waals surface area contributed by atoms with E-state index in [2.05, 4.69) is 24.1 Å². The van der Waals surface area contributed by atoms with Gasteiger partial charge in [0.25, 0.3) is 0 Å². The van der Waals surface area contributed by atoms with Gasteiger partial charge in [0.1, 0.15) is 17.2 Å². The van der Waals surface area contributed by atoms with Crippen LogP contribution >= 0.6 is 0 Å². The molecule has 22 heavy (non-hydrogen) atoms. The molecule has 116 valence electrons. The number of aromatic nitrogens is 1. The Kier molecular flexibility index (Phi) is 4.12. The lowest BCUT2D eigenvalue weighted by molar-refractivity contribution is 0.0436. The minimum Gasteiger partial charge on any atom is -0.487 e. The van der Waals surface area contributed by atoms with Crippen LogP contribution in [0.25, 0.3) is 0 Å². The quantitative estimate of drug-likeness (QED) is 0.926. The van der Waals surface area contributed by atoms with Crippen molar-refractivity contribution >= 4 is 0 Å². The Morgan fingerprint density at radius 3 is 2.95 bits per heavy atom. The first-order valence-corrected chi connectivity index (χ1v) is 7.71. The Labute approximate surface area is 130 Å². The predicted molar refractivity (Wildman–Crippen MR) is 84.2 cm³/mol. The molecule has 0 fully saturated rings. The van der Waals surface area contributed by atoms with Crippen LogP contribution in [-0.4, -0.2) is 10.6 Å². The third-order valence-corrected chi connectivity index (χ3v) is 4.34. The molecule has 1 aromatic carbocycles. The first-order chi connectivity index (χ1) is 10.6. The molecule has 3 nitrogen and oxygen atoms in total. The summed E-state index contributed by atoms with van der Waals surface area (Å²) in [5.41, 5.74) is 1.64. The molecule has 1 aromatic heterocycles. The van der Waals surface area contributed by atoms with Gasteiger partial charge in [0.15, 0.2) is 0 Å². The molecule has 4 heteroatoms. The predicted octanol–water partition coefficient (Wildman–Crippen LogP) is 4.00. The Hall–Kier alpha value is -1.94. The van der Waals surface area contributed by atoms with Gasteiger partial charge in [0, 0.05) is 30.8 Å². The number of nitrogens with zero attached hydrogens (tertiary/aromatic N) is 1. The SMILES string of the molecule is CCC1(C)CC(NCc2ccccn2)c2cc(F)ccc2O1. The minimum absolute atomic E-state index is 0.0615. The average molecular weight is 300 g/mol. The fourth-order valence-electron chi connectivity index (χ4n) is 2.86. The maximum absolute atomic E-state index is 13.6. The molecule has 2 heterocycles. The van der Waals surface area contributed by atoms with Crippen molar-refractivity contribution in [3.63, 3.8) is 0 Å². The highest BCUT2D eigenvalue weighted by Gasteiger charge is 2.36. The highest BCUT2D eigenvalue weighted by Crippen LogP contribution is 2.41. The van der Waals surface area contributed by atoms with Crippen LogP contribution in [0.1, 0.15) is 44.0 Å². The lowest BCUT2D eigenvalue weighted by Gasteiger charge is -2.40. The highest BCUT2D eigenvalue weighted by molar-refractivity contribution is 5.39. The number of nitrogens with one attached hydrogen (secondary N) is 1. The molecule has 1 aliphatic heterocycles. The summed E-state index contributed by atoms with van der Waals surface area (Å²) in [6.07, 6.45) is 3.50. The fourth-order valence-corrected chi connectivity index (χ4v) is 2.86. The van der Waals surface area contributed by atoms with Crippen LogP contribution in [0.2, 0.25) is 0 Å². The summed E-state index contributed by atoms with van der Waals surface area (Å²) in [4.78, 5) is 4.33. The zero-order valence-corrected chi connectivity index (χ0v) is 13.0. The minimum atomic E-state index is -0.230. The van der Waals surface area contributed by atoms with Gasteiger partial charge < -0.3 is 10.1 Å². The number of rotatable bonds is 4. The van der Waals surface area contributed by atoms with Crippen molar-refractivity contribution in [2.75, 3.05) is 0 Å². The lowest BCUT2D eigenvalue weighted by atomic mass is 9.86. The lowest BCUT2D eigenvalue weighted by Crippen LogP contribution is -2.41. The molecule has 0 radical (unpaired) electrons. The van der Waals surface area contributed by atoms with Crippen LogP contribution in [0, 0.1) is 5.82 Å². The first kappa shape index (κ1) is 15.0. The summed E-state index contributed by atoms with van der Waals surface area (Å²) in [6, 6.07) is 10.7. The molecule has 3 rings (SSSR count). The molecular weight excluding hydrogens is 279 g/mol. The van der Waals surface area contributed by atoms with E-state index in [1.54, 1.807) is 18.3 Å². The third kappa shape index (κ3) is 3.12. The summed E-state index contributed by atoms with van der Waals surface area (Å²) in [6.45, 7) is 4.88. The van der Waals surface area contributed by atoms with Gasteiger partial charge in [-0.1, -0.05) is 13.0 Å². The van der Waals surface area contributed by atoms with E-state index in [-0.39, 0.29) is 17.5 Å². The maximum atomic E-state index is 13.6. The molecule has 0 saturated carbocycles. The molecular formula is C18H21FN2O. The van der Waals surface area contributed by atoms with Crippen LogP contribution in [0.3, 0.4) is 0 Å². The summed E-state index contributed by atoms with van der Waals surface area (Å²) < 4.78 is 19.7. The number of hydrogen-bond acceptors (Lipinski definition) is 3. The van der Waals surface area contributed by atoms with Crippen LogP contribution < -0.4 is 10.1 Å². The summed E-state index contributed by atoms with van der Waals surface area (Å²) >= 11 is 0. The second-order valence-electron chi connectivity index (χ2n) is 6.05. The Balaban J connectivity index is 1.84. The second kappa shape index (κ2) is 6.05. The third-order valence-electron chi connectivity index (χ3n) is 4.34. The van der Waals surface area contributed by atoms with Gasteiger partial charge in [0.2, 0.25) is 0 Å². The molecule has 0 aliphatic carbocycles. The Morgan fingerprint density at radius 1 is 1.36 bits per heavy atom.